The van der Waals surface area contributed by atoms with Gasteiger partial charge in [0.2, 0.25) is 0 Å². The first-order chi connectivity index (χ1) is 11.2. The van der Waals surface area contributed by atoms with Gasteiger partial charge in [-0.1, -0.05) is 85.5 Å². The van der Waals surface area contributed by atoms with Crippen LogP contribution in [-0.2, 0) is 0 Å². The van der Waals surface area contributed by atoms with Crippen molar-refractivity contribution in [3.63, 3.8) is 0 Å². The van der Waals surface area contributed by atoms with Gasteiger partial charge in [0, 0.05) is 7.26 Å². The minimum absolute atomic E-state index is 0. The van der Waals surface area contributed by atoms with Crippen molar-refractivity contribution in [3.05, 3.63) is 0 Å². The summed E-state index contributed by atoms with van der Waals surface area (Å²) in [5.41, 5.74) is 0. The number of unbranched alkanes of at least 4 members (excludes halogenated alkanes) is 10. The molecule has 0 bridgehead atoms. The van der Waals surface area contributed by atoms with Gasteiger partial charge in [0.1, 0.15) is 0 Å². The molecule has 0 fully saturated rings. The lowest BCUT2D eigenvalue weighted by atomic mass is 10.1. The summed E-state index contributed by atoms with van der Waals surface area (Å²) in [4.78, 5) is 0. The van der Waals surface area contributed by atoms with Crippen LogP contribution in [-0.4, -0.2) is 30.1 Å². The minimum atomic E-state index is -0.612. The molecular formula is C22H49OP. The Kier molecular flexibility index (Phi) is 21.9. The first kappa shape index (κ1) is 26.6. The van der Waals surface area contributed by atoms with E-state index in [4.69, 9.17) is 0 Å². The molecule has 24 heavy (non-hydrogen) atoms. The monoisotopic (exact) mass is 360 g/mol. The highest BCUT2D eigenvalue weighted by Gasteiger charge is 2.34. The van der Waals surface area contributed by atoms with Gasteiger partial charge in [-0.25, -0.2) is 0 Å². The van der Waals surface area contributed by atoms with Crippen molar-refractivity contribution in [2.24, 2.45) is 0 Å². The van der Waals surface area contributed by atoms with E-state index in [0.29, 0.717) is 0 Å². The molecule has 148 valence electrons. The molecule has 0 heterocycles. The molecule has 0 unspecified atom stereocenters. The Labute approximate surface area is 155 Å². The summed E-state index contributed by atoms with van der Waals surface area (Å²) in [5.74, 6) is 0. The highest BCUT2D eigenvalue weighted by atomic mass is 31.2. The Balaban J connectivity index is 0. The lowest BCUT2D eigenvalue weighted by molar-refractivity contribution is 0.585. The molecule has 0 aliphatic heterocycles. The summed E-state index contributed by atoms with van der Waals surface area (Å²) in [6, 6.07) is 0. The van der Waals surface area contributed by atoms with E-state index in [1.165, 1.54) is 83.5 Å². The van der Waals surface area contributed by atoms with Crippen molar-refractivity contribution in [1.29, 1.82) is 0 Å². The molecule has 1 N–H and O–H groups in total. The van der Waals surface area contributed by atoms with E-state index >= 15 is 0 Å². The largest absolute Gasteiger partial charge is 0.870 e. The summed E-state index contributed by atoms with van der Waals surface area (Å²) in [6.45, 7) is 9.45. The summed E-state index contributed by atoms with van der Waals surface area (Å²) >= 11 is 0. The van der Waals surface area contributed by atoms with E-state index < -0.39 is 7.26 Å². The van der Waals surface area contributed by atoms with E-state index in [2.05, 4.69) is 27.7 Å². The highest BCUT2D eigenvalue weighted by Crippen LogP contribution is 2.61. The normalized spacial score (nSPS) is 11.5. The minimum Gasteiger partial charge on any atom is -0.870 e. The van der Waals surface area contributed by atoms with Gasteiger partial charge in [-0.05, 0) is 32.1 Å². The Morgan fingerprint density at radius 3 is 1.04 bits per heavy atom. The highest BCUT2D eigenvalue weighted by molar-refractivity contribution is 7.75. The molecular weight excluding hydrogens is 311 g/mol. The maximum atomic E-state index is 2.38. The Bertz CT molecular complexity index is 208. The second kappa shape index (κ2) is 19.7. The van der Waals surface area contributed by atoms with Crippen LogP contribution in [0.5, 0.6) is 0 Å². The molecule has 0 saturated carbocycles. The molecule has 0 spiro atoms. The SMILES string of the molecule is CCCCCCCCCC[P+](CCCC)(CCCC)CCCC.[OH-]. The average molecular weight is 361 g/mol. The fraction of sp³-hybridized carbons (Fsp3) is 1.00. The van der Waals surface area contributed by atoms with E-state index in [0.717, 1.165) is 0 Å². The van der Waals surface area contributed by atoms with Gasteiger partial charge in [-0.3, -0.25) is 0 Å². The third-order valence-electron chi connectivity index (χ3n) is 5.44. The fourth-order valence-electron chi connectivity index (χ4n) is 3.73. The van der Waals surface area contributed by atoms with Crippen molar-refractivity contribution in [1.82, 2.24) is 0 Å². The first-order valence-corrected chi connectivity index (χ1v) is 13.6. The Hall–Kier alpha value is 0.390. The topological polar surface area (TPSA) is 30.0 Å². The summed E-state index contributed by atoms with van der Waals surface area (Å²) in [5, 5.41) is 0. The van der Waals surface area contributed by atoms with Gasteiger partial charge in [0.25, 0.3) is 0 Å². The van der Waals surface area contributed by atoms with Crippen molar-refractivity contribution < 1.29 is 5.48 Å². The van der Waals surface area contributed by atoms with E-state index in [1.807, 2.05) is 0 Å². The lowest BCUT2D eigenvalue weighted by Gasteiger charge is -2.28. The number of rotatable bonds is 18. The molecule has 2 heteroatoms. The molecule has 0 rings (SSSR count). The van der Waals surface area contributed by atoms with Crippen LogP contribution in [0.4, 0.5) is 0 Å². The molecule has 0 aliphatic rings. The first-order valence-electron chi connectivity index (χ1n) is 11.1. The fourth-order valence-corrected chi connectivity index (χ4v) is 8.93. The molecule has 0 aliphatic carbocycles. The van der Waals surface area contributed by atoms with Gasteiger partial charge in [-0.15, -0.1) is 0 Å². The van der Waals surface area contributed by atoms with Gasteiger partial charge in [-0.2, -0.15) is 0 Å². The maximum Gasteiger partial charge on any atom is 0.0594 e. The molecule has 0 aromatic carbocycles. The van der Waals surface area contributed by atoms with Crippen LogP contribution in [0.25, 0.3) is 0 Å². The van der Waals surface area contributed by atoms with Crippen LogP contribution in [0, 0.1) is 0 Å². The summed E-state index contributed by atoms with van der Waals surface area (Å²) in [7, 11) is -0.612. The number of hydrogen-bond donors (Lipinski definition) is 0. The van der Waals surface area contributed by atoms with Crippen LogP contribution in [0.2, 0.25) is 0 Å². The van der Waals surface area contributed by atoms with Gasteiger partial charge in [0.15, 0.2) is 0 Å². The van der Waals surface area contributed by atoms with Crippen LogP contribution in [0.15, 0.2) is 0 Å². The zero-order chi connectivity index (χ0) is 17.2. The average Bonchev–Trinajstić information content (AvgIpc) is 2.58. The Morgan fingerprint density at radius 2 is 0.667 bits per heavy atom. The maximum absolute atomic E-state index is 2.38. The molecule has 0 aromatic rings. The van der Waals surface area contributed by atoms with Gasteiger partial charge in [0.05, 0.1) is 24.6 Å². The second-order valence-electron chi connectivity index (χ2n) is 7.77. The van der Waals surface area contributed by atoms with Crippen molar-refractivity contribution in [3.8, 4) is 0 Å². The second-order valence-corrected chi connectivity index (χ2v) is 12.2. The number of hydrogen-bond acceptors (Lipinski definition) is 1. The standard InChI is InChI=1S/C22H48P.H2O/c1-5-9-13-14-15-16-17-18-22-23(19-10-6-2,20-11-7-3)21-12-8-4;/h5-22H2,1-4H3;1H2/q+1;/p-1. The zero-order valence-electron chi connectivity index (χ0n) is 17.6. The van der Waals surface area contributed by atoms with E-state index in [1.54, 1.807) is 31.1 Å². The van der Waals surface area contributed by atoms with E-state index in [-0.39, 0.29) is 5.48 Å². The molecule has 0 amide bonds. The molecule has 0 aromatic heterocycles. The van der Waals surface area contributed by atoms with Crippen molar-refractivity contribution >= 4 is 7.26 Å². The van der Waals surface area contributed by atoms with Crippen LogP contribution < -0.4 is 0 Å². The van der Waals surface area contributed by atoms with Crippen LogP contribution in [0.3, 0.4) is 0 Å². The third-order valence-corrected chi connectivity index (χ3v) is 10.5. The van der Waals surface area contributed by atoms with Crippen molar-refractivity contribution in [2.45, 2.75) is 118 Å². The predicted molar refractivity (Wildman–Crippen MR) is 116 cm³/mol. The molecule has 0 atom stereocenters. The quantitative estimate of drug-likeness (QED) is 0.178. The molecule has 0 saturated heterocycles. The predicted octanol–water partition coefficient (Wildman–Crippen LogP) is 8.37. The lowest BCUT2D eigenvalue weighted by Crippen LogP contribution is -2.13. The Morgan fingerprint density at radius 1 is 0.375 bits per heavy atom. The molecule has 0 radical (unpaired) electrons. The van der Waals surface area contributed by atoms with Gasteiger partial charge >= 0.3 is 0 Å². The van der Waals surface area contributed by atoms with E-state index in [9.17, 15) is 0 Å². The zero-order valence-corrected chi connectivity index (χ0v) is 18.5. The third kappa shape index (κ3) is 14.7. The summed E-state index contributed by atoms with van der Waals surface area (Å²) < 4.78 is 0. The van der Waals surface area contributed by atoms with Crippen molar-refractivity contribution in [2.75, 3.05) is 24.6 Å². The van der Waals surface area contributed by atoms with Gasteiger partial charge < -0.3 is 5.48 Å². The molecule has 1 nitrogen and oxygen atoms in total. The smallest absolute Gasteiger partial charge is 0.0594 e. The van der Waals surface area contributed by atoms with Crippen LogP contribution >= 0.6 is 7.26 Å². The van der Waals surface area contributed by atoms with Crippen LogP contribution in [0.1, 0.15) is 118 Å². The summed E-state index contributed by atoms with van der Waals surface area (Å²) in [6.07, 6.45) is 27.0.